The molecule has 3 heteroatoms. The average Bonchev–Trinajstić information content (AvgIpc) is 2.29. The minimum absolute atomic E-state index is 0.130. The second-order valence-corrected chi connectivity index (χ2v) is 4.02. The largest absolute Gasteiger partial charge is 0.465 e. The van der Waals surface area contributed by atoms with E-state index in [1.54, 1.807) is 13.2 Å². The van der Waals surface area contributed by atoms with E-state index in [9.17, 15) is 4.79 Å². The number of esters is 1. The van der Waals surface area contributed by atoms with Crippen molar-refractivity contribution in [1.29, 1.82) is 0 Å². The summed E-state index contributed by atoms with van der Waals surface area (Å²) < 4.78 is 10.4. The first-order valence-electron chi connectivity index (χ1n) is 5.52. The Labute approximate surface area is 91.4 Å². The van der Waals surface area contributed by atoms with Crippen molar-refractivity contribution in [3.8, 4) is 0 Å². The lowest BCUT2D eigenvalue weighted by molar-refractivity contribution is -0.155. The molecular weight excluding hydrogens is 192 g/mol. The molecule has 0 atom stereocenters. The lowest BCUT2D eigenvalue weighted by Gasteiger charge is -2.35. The average molecular weight is 212 g/mol. The second kappa shape index (κ2) is 5.31. The third-order valence-corrected chi connectivity index (χ3v) is 3.23. The molecule has 0 aromatic carbocycles. The van der Waals surface area contributed by atoms with Gasteiger partial charge in [-0.2, -0.15) is 0 Å². The number of hydrogen-bond donors (Lipinski definition) is 0. The number of carbonyl (C=O) groups is 1. The highest BCUT2D eigenvalue weighted by atomic mass is 16.5. The van der Waals surface area contributed by atoms with Gasteiger partial charge in [-0.25, -0.2) is 0 Å². The molecule has 1 saturated carbocycles. The van der Waals surface area contributed by atoms with Crippen molar-refractivity contribution >= 4 is 5.97 Å². The maximum absolute atomic E-state index is 11.8. The highest BCUT2D eigenvalue weighted by Gasteiger charge is 2.40. The van der Waals surface area contributed by atoms with Crippen LogP contribution in [0.15, 0.2) is 12.7 Å². The van der Waals surface area contributed by atoms with Crippen LogP contribution in [0.4, 0.5) is 0 Å². The Hall–Kier alpha value is -0.830. The number of ether oxygens (including phenoxy) is 2. The molecule has 1 aliphatic rings. The zero-order chi connectivity index (χ0) is 11.3. The Morgan fingerprint density at radius 2 is 2.13 bits per heavy atom. The van der Waals surface area contributed by atoms with Gasteiger partial charge >= 0.3 is 5.97 Å². The molecule has 86 valence electrons. The van der Waals surface area contributed by atoms with Crippen LogP contribution in [0.25, 0.3) is 0 Å². The van der Waals surface area contributed by atoms with Gasteiger partial charge in [-0.1, -0.05) is 6.08 Å². The summed E-state index contributed by atoms with van der Waals surface area (Å²) in [6, 6.07) is 0. The van der Waals surface area contributed by atoms with Gasteiger partial charge in [0, 0.05) is 7.11 Å². The molecule has 0 radical (unpaired) electrons. The van der Waals surface area contributed by atoms with Crippen LogP contribution in [0.2, 0.25) is 0 Å². The molecule has 0 spiro atoms. The van der Waals surface area contributed by atoms with Gasteiger partial charge in [0.2, 0.25) is 0 Å². The van der Waals surface area contributed by atoms with Gasteiger partial charge in [0.15, 0.2) is 0 Å². The van der Waals surface area contributed by atoms with Crippen molar-refractivity contribution in [2.45, 2.75) is 38.7 Å². The van der Waals surface area contributed by atoms with Gasteiger partial charge in [0.1, 0.15) is 0 Å². The summed E-state index contributed by atoms with van der Waals surface area (Å²) in [6.07, 6.45) is 5.41. The van der Waals surface area contributed by atoms with E-state index in [1.807, 2.05) is 6.92 Å². The number of rotatable bonds is 4. The molecule has 0 aliphatic heterocycles. The quantitative estimate of drug-likeness (QED) is 0.530. The third kappa shape index (κ3) is 2.59. The minimum Gasteiger partial charge on any atom is -0.465 e. The number of methoxy groups -OCH3 is 1. The van der Waals surface area contributed by atoms with Crippen molar-refractivity contribution in [3.63, 3.8) is 0 Å². The van der Waals surface area contributed by atoms with Crippen molar-refractivity contribution in [3.05, 3.63) is 12.7 Å². The van der Waals surface area contributed by atoms with Gasteiger partial charge in [-0.05, 0) is 32.6 Å². The highest BCUT2D eigenvalue weighted by molar-refractivity contribution is 5.79. The van der Waals surface area contributed by atoms with E-state index >= 15 is 0 Å². The number of hydrogen-bond acceptors (Lipinski definition) is 3. The highest BCUT2D eigenvalue weighted by Crippen LogP contribution is 2.39. The van der Waals surface area contributed by atoms with E-state index in [4.69, 9.17) is 9.47 Å². The summed E-state index contributed by atoms with van der Waals surface area (Å²) in [5.41, 5.74) is -0.467. The third-order valence-electron chi connectivity index (χ3n) is 3.23. The smallest absolute Gasteiger partial charge is 0.315 e. The summed E-state index contributed by atoms with van der Waals surface area (Å²) in [7, 11) is 1.72. The topological polar surface area (TPSA) is 35.5 Å². The fourth-order valence-corrected chi connectivity index (χ4v) is 2.11. The molecule has 15 heavy (non-hydrogen) atoms. The first-order chi connectivity index (χ1) is 7.18. The van der Waals surface area contributed by atoms with Gasteiger partial charge in [-0.15, -0.1) is 6.58 Å². The van der Waals surface area contributed by atoms with E-state index in [2.05, 4.69) is 6.58 Å². The lowest BCUT2D eigenvalue weighted by Crippen LogP contribution is -2.37. The van der Waals surface area contributed by atoms with Crippen LogP contribution in [0.5, 0.6) is 0 Å². The molecule has 1 rings (SSSR count). The molecule has 1 aliphatic carbocycles. The summed E-state index contributed by atoms with van der Waals surface area (Å²) in [6.45, 7) is 6.03. The normalized spacial score (nSPS) is 30.9. The van der Waals surface area contributed by atoms with E-state index < -0.39 is 5.41 Å². The predicted molar refractivity (Wildman–Crippen MR) is 58.5 cm³/mol. The standard InChI is InChI=1S/C12H20O3/c1-4-12(11(13)15-5-2)8-6-10(14-3)7-9-12/h4,10H,1,5-9H2,2-3H3. The van der Waals surface area contributed by atoms with Crippen LogP contribution in [-0.2, 0) is 14.3 Å². The fraction of sp³-hybridized carbons (Fsp3) is 0.750. The van der Waals surface area contributed by atoms with E-state index in [1.165, 1.54) is 0 Å². The van der Waals surface area contributed by atoms with Gasteiger partial charge in [0.05, 0.1) is 18.1 Å². The SMILES string of the molecule is C=CC1(C(=O)OCC)CCC(OC)CC1. The Kier molecular flexibility index (Phi) is 4.33. The van der Waals surface area contributed by atoms with Crippen molar-refractivity contribution in [2.24, 2.45) is 5.41 Å². The lowest BCUT2D eigenvalue weighted by atomic mass is 9.73. The van der Waals surface area contributed by atoms with Crippen LogP contribution in [0.3, 0.4) is 0 Å². The maximum Gasteiger partial charge on any atom is 0.315 e. The summed E-state index contributed by atoms with van der Waals surface area (Å²) in [5, 5.41) is 0. The molecule has 0 aromatic rings. The zero-order valence-corrected chi connectivity index (χ0v) is 9.62. The molecule has 1 fully saturated rings. The first kappa shape index (κ1) is 12.2. The fourth-order valence-electron chi connectivity index (χ4n) is 2.11. The molecule has 3 nitrogen and oxygen atoms in total. The van der Waals surface area contributed by atoms with Gasteiger partial charge in [-0.3, -0.25) is 4.79 Å². The van der Waals surface area contributed by atoms with Crippen molar-refractivity contribution in [1.82, 2.24) is 0 Å². The monoisotopic (exact) mass is 212 g/mol. The molecule has 0 N–H and O–H groups in total. The van der Waals surface area contributed by atoms with Crippen LogP contribution >= 0.6 is 0 Å². The minimum atomic E-state index is -0.467. The second-order valence-electron chi connectivity index (χ2n) is 4.02. The van der Waals surface area contributed by atoms with E-state index in [0.29, 0.717) is 6.61 Å². The van der Waals surface area contributed by atoms with E-state index in [0.717, 1.165) is 25.7 Å². The summed E-state index contributed by atoms with van der Waals surface area (Å²) >= 11 is 0. The summed E-state index contributed by atoms with van der Waals surface area (Å²) in [4.78, 5) is 11.8. The molecule has 0 amide bonds. The first-order valence-corrected chi connectivity index (χ1v) is 5.52. The van der Waals surface area contributed by atoms with E-state index in [-0.39, 0.29) is 12.1 Å². The van der Waals surface area contributed by atoms with Crippen LogP contribution < -0.4 is 0 Å². The molecule has 0 aromatic heterocycles. The van der Waals surface area contributed by atoms with Crippen molar-refractivity contribution in [2.75, 3.05) is 13.7 Å². The van der Waals surface area contributed by atoms with Crippen molar-refractivity contribution < 1.29 is 14.3 Å². The Bertz CT molecular complexity index is 227. The maximum atomic E-state index is 11.8. The molecule has 0 heterocycles. The molecule has 0 saturated heterocycles. The van der Waals surface area contributed by atoms with Crippen LogP contribution in [0, 0.1) is 5.41 Å². The van der Waals surface area contributed by atoms with Crippen LogP contribution in [-0.4, -0.2) is 25.8 Å². The predicted octanol–water partition coefficient (Wildman–Crippen LogP) is 2.31. The van der Waals surface area contributed by atoms with Gasteiger partial charge in [0.25, 0.3) is 0 Å². The molecule has 0 unspecified atom stereocenters. The molecular formula is C12H20O3. The zero-order valence-electron chi connectivity index (χ0n) is 9.62. The summed E-state index contributed by atoms with van der Waals surface area (Å²) in [5.74, 6) is -0.130. The molecule has 0 bridgehead atoms. The Balaban J connectivity index is 2.63. The Morgan fingerprint density at radius 3 is 2.53 bits per heavy atom. The Morgan fingerprint density at radius 1 is 1.53 bits per heavy atom. The van der Waals surface area contributed by atoms with Gasteiger partial charge < -0.3 is 9.47 Å². The van der Waals surface area contributed by atoms with Crippen LogP contribution in [0.1, 0.15) is 32.6 Å². The number of carbonyl (C=O) groups excluding carboxylic acids is 1.